The highest BCUT2D eigenvalue weighted by Crippen LogP contribution is 2.16. The number of hydrogen-bond donors (Lipinski definition) is 2. The van der Waals surface area contributed by atoms with Gasteiger partial charge in [-0.05, 0) is 42.3 Å². The smallest absolute Gasteiger partial charge is 0.338 e. The van der Waals surface area contributed by atoms with Gasteiger partial charge in [-0.25, -0.2) is 18.4 Å². The van der Waals surface area contributed by atoms with Gasteiger partial charge in [0.15, 0.2) is 6.61 Å². The van der Waals surface area contributed by atoms with Gasteiger partial charge in [-0.1, -0.05) is 29.8 Å². The third-order valence-electron chi connectivity index (χ3n) is 3.44. The first-order valence-electron chi connectivity index (χ1n) is 7.48. The predicted octanol–water partition coefficient (Wildman–Crippen LogP) is 1.77. The van der Waals surface area contributed by atoms with Crippen LogP contribution in [0.1, 0.15) is 21.5 Å². The van der Waals surface area contributed by atoms with Crippen molar-refractivity contribution in [3.05, 3.63) is 64.2 Å². The van der Waals surface area contributed by atoms with E-state index in [4.69, 9.17) is 21.5 Å². The van der Waals surface area contributed by atoms with E-state index in [-0.39, 0.29) is 17.0 Å². The molecule has 0 aliphatic heterocycles. The maximum absolute atomic E-state index is 12.0. The van der Waals surface area contributed by atoms with Crippen molar-refractivity contribution in [1.82, 2.24) is 5.32 Å². The van der Waals surface area contributed by atoms with Gasteiger partial charge in [0, 0.05) is 11.6 Å². The summed E-state index contributed by atoms with van der Waals surface area (Å²) >= 11 is 5.85. The number of halogens is 1. The van der Waals surface area contributed by atoms with Gasteiger partial charge >= 0.3 is 5.97 Å². The van der Waals surface area contributed by atoms with Crippen molar-refractivity contribution in [3.63, 3.8) is 0 Å². The molecular weight excluding hydrogens is 380 g/mol. The second kappa shape index (κ2) is 8.31. The number of carbonyl (C=O) groups is 2. The lowest BCUT2D eigenvalue weighted by atomic mass is 10.1. The molecule has 0 fully saturated rings. The molecule has 0 aliphatic carbocycles. The number of sulfonamides is 1. The highest BCUT2D eigenvalue weighted by molar-refractivity contribution is 7.89. The van der Waals surface area contributed by atoms with E-state index in [9.17, 15) is 18.0 Å². The molecule has 0 saturated heterocycles. The van der Waals surface area contributed by atoms with Gasteiger partial charge in [-0.3, -0.25) is 4.79 Å². The number of primary sulfonamides is 1. The molecule has 0 spiro atoms. The van der Waals surface area contributed by atoms with Crippen LogP contribution in [-0.2, 0) is 26.1 Å². The first kappa shape index (κ1) is 19.9. The zero-order valence-corrected chi connectivity index (χ0v) is 15.4. The number of benzene rings is 2. The van der Waals surface area contributed by atoms with Gasteiger partial charge in [-0.15, -0.1) is 0 Å². The van der Waals surface area contributed by atoms with E-state index >= 15 is 0 Å². The minimum absolute atomic E-state index is 0.0118. The Hall–Kier alpha value is -2.42. The Kier molecular flexibility index (Phi) is 6.36. The van der Waals surface area contributed by atoms with Gasteiger partial charge in [0.25, 0.3) is 5.91 Å². The molecule has 1 amide bonds. The summed E-state index contributed by atoms with van der Waals surface area (Å²) in [6, 6.07) is 10.9. The summed E-state index contributed by atoms with van der Waals surface area (Å²) in [5.41, 5.74) is 1.19. The van der Waals surface area contributed by atoms with E-state index in [0.717, 1.165) is 11.6 Å². The van der Waals surface area contributed by atoms with Crippen molar-refractivity contribution in [2.24, 2.45) is 5.14 Å². The molecule has 0 saturated carbocycles. The summed E-state index contributed by atoms with van der Waals surface area (Å²) in [6.45, 7) is 1.28. The Bertz CT molecular complexity index is 944. The Morgan fingerprint density at radius 1 is 1.19 bits per heavy atom. The number of ether oxygens (including phenoxy) is 1. The van der Waals surface area contributed by atoms with E-state index in [1.165, 1.54) is 12.1 Å². The van der Waals surface area contributed by atoms with Gasteiger partial charge in [0.05, 0.1) is 10.5 Å². The fraction of sp³-hybridized carbons (Fsp3) is 0.176. The molecule has 0 radical (unpaired) electrons. The number of rotatable bonds is 6. The van der Waals surface area contributed by atoms with Crippen molar-refractivity contribution in [1.29, 1.82) is 0 Å². The summed E-state index contributed by atoms with van der Waals surface area (Å²) in [6.07, 6.45) is 0. The minimum Gasteiger partial charge on any atom is -0.452 e. The minimum atomic E-state index is -3.96. The highest BCUT2D eigenvalue weighted by Gasteiger charge is 2.16. The van der Waals surface area contributed by atoms with E-state index in [0.29, 0.717) is 10.6 Å². The normalized spacial score (nSPS) is 11.0. The van der Waals surface area contributed by atoms with Crippen molar-refractivity contribution in [2.75, 3.05) is 6.61 Å². The number of hydrogen-bond acceptors (Lipinski definition) is 5. The summed E-state index contributed by atoms with van der Waals surface area (Å²) in [4.78, 5) is 23.6. The molecule has 0 unspecified atom stereocenters. The lowest BCUT2D eigenvalue weighted by Gasteiger charge is -2.09. The van der Waals surface area contributed by atoms with Crippen LogP contribution in [0.15, 0.2) is 47.4 Å². The van der Waals surface area contributed by atoms with Gasteiger partial charge in [0.1, 0.15) is 0 Å². The number of aryl methyl sites for hydroxylation is 1. The van der Waals surface area contributed by atoms with Crippen LogP contribution in [0.2, 0.25) is 5.02 Å². The van der Waals surface area contributed by atoms with Crippen molar-refractivity contribution in [3.8, 4) is 0 Å². The van der Waals surface area contributed by atoms with Crippen LogP contribution >= 0.6 is 11.6 Å². The number of amides is 1. The van der Waals surface area contributed by atoms with E-state index in [2.05, 4.69) is 5.32 Å². The molecule has 138 valence electrons. The largest absolute Gasteiger partial charge is 0.452 e. The summed E-state index contributed by atoms with van der Waals surface area (Å²) < 4.78 is 27.9. The molecule has 2 rings (SSSR count). The third kappa shape index (κ3) is 5.55. The number of carbonyl (C=O) groups excluding carboxylic acids is 2. The topological polar surface area (TPSA) is 116 Å². The van der Waals surface area contributed by atoms with Crippen LogP contribution in [0.3, 0.4) is 0 Å². The van der Waals surface area contributed by atoms with Crippen molar-refractivity contribution >= 4 is 33.5 Å². The SMILES string of the molecule is Cc1ccc(C(=O)OCC(=O)NCc2cccc(Cl)c2)cc1S(N)(=O)=O. The molecule has 0 aromatic heterocycles. The van der Waals surface area contributed by atoms with Gasteiger partial charge < -0.3 is 10.1 Å². The van der Waals surface area contributed by atoms with Crippen LogP contribution in [0.5, 0.6) is 0 Å². The molecule has 0 bridgehead atoms. The fourth-order valence-corrected chi connectivity index (χ4v) is 3.17. The molecule has 7 nitrogen and oxygen atoms in total. The summed E-state index contributed by atoms with van der Waals surface area (Å²) in [5, 5.41) is 8.24. The molecule has 26 heavy (non-hydrogen) atoms. The molecule has 2 aromatic rings. The fourth-order valence-electron chi connectivity index (χ4n) is 2.15. The zero-order chi connectivity index (χ0) is 19.3. The summed E-state index contributed by atoms with van der Waals surface area (Å²) in [7, 11) is -3.96. The predicted molar refractivity (Wildman–Crippen MR) is 96.1 cm³/mol. The van der Waals surface area contributed by atoms with Gasteiger partial charge in [0.2, 0.25) is 10.0 Å². The number of esters is 1. The third-order valence-corrected chi connectivity index (χ3v) is 4.73. The average Bonchev–Trinajstić information content (AvgIpc) is 2.57. The van der Waals surface area contributed by atoms with E-state index < -0.39 is 28.5 Å². The standard InChI is InChI=1S/C17H17ClN2O5S/c1-11-5-6-13(8-15(11)26(19,23)24)17(22)25-10-16(21)20-9-12-3-2-4-14(18)7-12/h2-8H,9-10H2,1H3,(H,20,21)(H2,19,23,24). The average molecular weight is 397 g/mol. The summed E-state index contributed by atoms with van der Waals surface area (Å²) in [5.74, 6) is -1.33. The molecular formula is C17H17ClN2O5S. The first-order chi connectivity index (χ1) is 12.2. The van der Waals surface area contributed by atoms with E-state index in [1.54, 1.807) is 31.2 Å². The Labute approximate surface area is 156 Å². The van der Waals surface area contributed by atoms with Crippen molar-refractivity contribution < 1.29 is 22.7 Å². The molecule has 3 N–H and O–H groups in total. The molecule has 2 aromatic carbocycles. The zero-order valence-electron chi connectivity index (χ0n) is 13.9. The van der Waals surface area contributed by atoms with Crippen LogP contribution in [0.25, 0.3) is 0 Å². The van der Waals surface area contributed by atoms with Crippen molar-refractivity contribution in [2.45, 2.75) is 18.4 Å². The van der Waals surface area contributed by atoms with Crippen LogP contribution in [-0.4, -0.2) is 26.9 Å². The molecule has 9 heteroatoms. The Morgan fingerprint density at radius 2 is 1.92 bits per heavy atom. The lowest BCUT2D eigenvalue weighted by molar-refractivity contribution is -0.124. The first-order valence-corrected chi connectivity index (χ1v) is 9.41. The van der Waals surface area contributed by atoms with E-state index in [1.807, 2.05) is 0 Å². The molecule has 0 atom stereocenters. The maximum atomic E-state index is 12.0. The van der Waals surface area contributed by atoms with Gasteiger partial charge in [-0.2, -0.15) is 0 Å². The maximum Gasteiger partial charge on any atom is 0.338 e. The number of nitrogens with two attached hydrogens (primary N) is 1. The lowest BCUT2D eigenvalue weighted by Crippen LogP contribution is -2.28. The monoisotopic (exact) mass is 396 g/mol. The number of nitrogens with one attached hydrogen (secondary N) is 1. The quantitative estimate of drug-likeness (QED) is 0.722. The van der Waals surface area contributed by atoms with Crippen LogP contribution in [0, 0.1) is 6.92 Å². The molecule has 0 heterocycles. The van der Waals surface area contributed by atoms with Crippen LogP contribution in [0.4, 0.5) is 0 Å². The molecule has 0 aliphatic rings. The highest BCUT2D eigenvalue weighted by atomic mass is 35.5. The Balaban J connectivity index is 1.93. The second-order valence-corrected chi connectivity index (χ2v) is 7.47. The Morgan fingerprint density at radius 3 is 2.58 bits per heavy atom. The van der Waals surface area contributed by atoms with Crippen LogP contribution < -0.4 is 10.5 Å². The second-order valence-electron chi connectivity index (χ2n) is 5.51.